The number of carbonyl (C=O) groups is 1. The fourth-order valence-electron chi connectivity index (χ4n) is 1.77. The Labute approximate surface area is 98.0 Å². The van der Waals surface area contributed by atoms with Crippen molar-refractivity contribution < 1.29 is 14.6 Å². The second-order valence-corrected chi connectivity index (χ2v) is 3.58. The van der Waals surface area contributed by atoms with Crippen LogP contribution in [0, 0.1) is 22.8 Å². The van der Waals surface area contributed by atoms with Crippen molar-refractivity contribution in [2.45, 2.75) is 19.1 Å². The van der Waals surface area contributed by atoms with Gasteiger partial charge in [0.2, 0.25) is 4.91 Å². The molecule has 1 heterocycles. The largest absolute Gasteiger partial charge is 0.465 e. The van der Waals surface area contributed by atoms with Gasteiger partial charge in [-0.05, 0) is 12.8 Å². The summed E-state index contributed by atoms with van der Waals surface area (Å²) in [5, 5.41) is 21.3. The molecule has 92 valence electrons. The maximum Gasteiger partial charge on any atom is 0.409 e. The first-order valence-electron chi connectivity index (χ1n) is 5.24. The summed E-state index contributed by atoms with van der Waals surface area (Å²) >= 11 is 0. The molecule has 0 aromatic heterocycles. The molecule has 1 aliphatic heterocycles. The monoisotopic (exact) mass is 240 g/mol. The Morgan fingerprint density at radius 3 is 3.12 bits per heavy atom. The number of nitrogens with zero attached hydrogens (tertiary/aromatic N) is 4. The number of hydrogen-bond acceptors (Lipinski definition) is 5. The van der Waals surface area contributed by atoms with E-state index in [1.165, 1.54) is 0 Å². The Hall–Kier alpha value is -1.97. The van der Waals surface area contributed by atoms with Gasteiger partial charge in [-0.15, -0.1) is 0 Å². The van der Waals surface area contributed by atoms with Crippen LogP contribution in [0.1, 0.15) is 12.8 Å². The van der Waals surface area contributed by atoms with Gasteiger partial charge in [0.25, 0.3) is 0 Å². The number of amides is 1. The lowest BCUT2D eigenvalue weighted by atomic mass is 9.97. The van der Waals surface area contributed by atoms with Crippen LogP contribution in [0.2, 0.25) is 0 Å². The predicted octanol–water partition coefficient (Wildman–Crippen LogP) is 0.793. The first kappa shape index (κ1) is 13.1. The summed E-state index contributed by atoms with van der Waals surface area (Å²) in [4.78, 5) is 14.9. The molecule has 0 saturated carbocycles. The van der Waals surface area contributed by atoms with E-state index in [4.69, 9.17) is 20.6 Å². The van der Waals surface area contributed by atoms with Crippen molar-refractivity contribution >= 4 is 6.09 Å². The summed E-state index contributed by atoms with van der Waals surface area (Å²) < 4.78 is 5.35. The molecule has 8 heteroatoms. The molecule has 2 unspecified atom stereocenters. The van der Waals surface area contributed by atoms with Crippen LogP contribution >= 0.6 is 0 Å². The minimum atomic E-state index is -1.09. The lowest BCUT2D eigenvalue weighted by molar-refractivity contribution is -0.0834. The standard InChI is InChI=1S/C9H13N5O3/c10-6-7-2-1-4-14(9(15)16)8(7)17-5-3-12-13-11/h7-8,11H,1-5H2/p+1. The SMILES string of the molecule is N#CC1CCCN(C(=O)O)C1OCCN=[N+]=N. The van der Waals surface area contributed by atoms with E-state index in [-0.39, 0.29) is 13.2 Å². The van der Waals surface area contributed by atoms with Gasteiger partial charge in [-0.2, -0.15) is 5.26 Å². The highest BCUT2D eigenvalue weighted by atomic mass is 16.5. The van der Waals surface area contributed by atoms with Gasteiger partial charge >= 0.3 is 6.09 Å². The van der Waals surface area contributed by atoms with E-state index in [0.29, 0.717) is 19.4 Å². The number of likely N-dealkylation sites (tertiary alicyclic amines) is 1. The first-order valence-corrected chi connectivity index (χ1v) is 5.24. The molecule has 2 atom stereocenters. The molecular weight excluding hydrogens is 226 g/mol. The summed E-state index contributed by atoms with van der Waals surface area (Å²) in [5.41, 5.74) is 6.46. The lowest BCUT2D eigenvalue weighted by Crippen LogP contribution is -2.49. The number of ether oxygens (including phenoxy) is 1. The number of nitrogens with one attached hydrogen (secondary N) is 1. The summed E-state index contributed by atoms with van der Waals surface area (Å²) in [6, 6.07) is 2.06. The zero-order valence-electron chi connectivity index (χ0n) is 9.24. The van der Waals surface area contributed by atoms with Crippen molar-refractivity contribution in [3.05, 3.63) is 0 Å². The number of hydrogen-bond donors (Lipinski definition) is 2. The maximum atomic E-state index is 11.0. The van der Waals surface area contributed by atoms with Crippen LogP contribution < -0.4 is 4.91 Å². The van der Waals surface area contributed by atoms with Crippen LogP contribution in [-0.4, -0.2) is 42.0 Å². The molecule has 1 saturated heterocycles. The van der Waals surface area contributed by atoms with E-state index in [2.05, 4.69) is 16.1 Å². The Balaban J connectivity index is 2.61. The second kappa shape index (κ2) is 6.58. The van der Waals surface area contributed by atoms with E-state index in [1.54, 1.807) is 0 Å². The molecule has 1 rings (SSSR count). The summed E-state index contributed by atoms with van der Waals surface area (Å²) in [6.45, 7) is 0.707. The van der Waals surface area contributed by atoms with Gasteiger partial charge in [-0.25, -0.2) is 4.79 Å². The van der Waals surface area contributed by atoms with Crippen molar-refractivity contribution in [2.75, 3.05) is 19.7 Å². The molecule has 0 aromatic rings. The molecule has 0 radical (unpaired) electrons. The Bertz CT molecular complexity index is 360. The predicted molar refractivity (Wildman–Crippen MR) is 55.0 cm³/mol. The van der Waals surface area contributed by atoms with Crippen molar-refractivity contribution in [3.8, 4) is 6.07 Å². The highest BCUT2D eigenvalue weighted by Gasteiger charge is 2.35. The van der Waals surface area contributed by atoms with Crippen molar-refractivity contribution in [1.29, 1.82) is 10.8 Å². The average molecular weight is 240 g/mol. The van der Waals surface area contributed by atoms with Gasteiger partial charge in [0.15, 0.2) is 6.23 Å². The smallest absolute Gasteiger partial charge is 0.409 e. The lowest BCUT2D eigenvalue weighted by Gasteiger charge is -2.35. The highest BCUT2D eigenvalue weighted by molar-refractivity contribution is 5.65. The van der Waals surface area contributed by atoms with E-state index in [9.17, 15) is 4.79 Å². The Morgan fingerprint density at radius 2 is 2.53 bits per heavy atom. The normalized spacial score (nSPS) is 23.6. The molecule has 1 aliphatic rings. The van der Waals surface area contributed by atoms with Gasteiger partial charge in [-0.3, -0.25) is 4.90 Å². The minimum absolute atomic E-state index is 0.148. The third kappa shape index (κ3) is 3.52. The van der Waals surface area contributed by atoms with E-state index >= 15 is 0 Å². The van der Waals surface area contributed by atoms with Crippen LogP contribution in [0.25, 0.3) is 0 Å². The number of carboxylic acid groups (broad SMARTS) is 1. The Kier molecular flexibility index (Phi) is 5.07. The molecule has 0 bridgehead atoms. The van der Waals surface area contributed by atoms with Crippen molar-refractivity contribution in [3.63, 3.8) is 0 Å². The van der Waals surface area contributed by atoms with E-state index < -0.39 is 18.2 Å². The number of nitriles is 1. The minimum Gasteiger partial charge on any atom is -0.465 e. The molecule has 8 nitrogen and oxygen atoms in total. The highest BCUT2D eigenvalue weighted by Crippen LogP contribution is 2.24. The van der Waals surface area contributed by atoms with Gasteiger partial charge < -0.3 is 9.84 Å². The fourth-order valence-corrected chi connectivity index (χ4v) is 1.77. The van der Waals surface area contributed by atoms with Crippen molar-refractivity contribution in [2.24, 2.45) is 11.0 Å². The van der Waals surface area contributed by atoms with Crippen LogP contribution in [0.4, 0.5) is 4.79 Å². The molecule has 0 aliphatic carbocycles. The van der Waals surface area contributed by atoms with Crippen molar-refractivity contribution in [1.82, 2.24) is 9.81 Å². The topological polar surface area (TPSA) is 124 Å². The van der Waals surface area contributed by atoms with Crippen LogP contribution in [0.5, 0.6) is 0 Å². The molecule has 2 N–H and O–H groups in total. The molecule has 1 amide bonds. The third-order valence-electron chi connectivity index (χ3n) is 2.53. The number of piperidine rings is 1. The molecule has 0 aromatic carbocycles. The second-order valence-electron chi connectivity index (χ2n) is 3.58. The molecule has 17 heavy (non-hydrogen) atoms. The van der Waals surface area contributed by atoms with Gasteiger partial charge in [0, 0.05) is 6.54 Å². The molecular formula is C9H14N5O3+. The molecule has 1 fully saturated rings. The number of rotatable bonds is 4. The summed E-state index contributed by atoms with van der Waals surface area (Å²) in [5.74, 6) is -0.451. The quantitative estimate of drug-likeness (QED) is 0.428. The van der Waals surface area contributed by atoms with E-state index in [0.717, 1.165) is 4.90 Å². The van der Waals surface area contributed by atoms with Gasteiger partial charge in [0.1, 0.15) is 17.2 Å². The summed E-state index contributed by atoms with van der Waals surface area (Å²) in [7, 11) is 0. The average Bonchev–Trinajstić information content (AvgIpc) is 2.34. The third-order valence-corrected chi connectivity index (χ3v) is 2.53. The fraction of sp³-hybridized carbons (Fsp3) is 0.778. The Morgan fingerprint density at radius 1 is 1.76 bits per heavy atom. The van der Waals surface area contributed by atoms with Crippen LogP contribution in [-0.2, 0) is 4.74 Å². The van der Waals surface area contributed by atoms with Crippen LogP contribution in [0.15, 0.2) is 5.11 Å². The van der Waals surface area contributed by atoms with Gasteiger partial charge in [-0.1, -0.05) is 0 Å². The zero-order chi connectivity index (χ0) is 12.7. The zero-order valence-corrected chi connectivity index (χ0v) is 9.24. The van der Waals surface area contributed by atoms with E-state index in [1.807, 2.05) is 0 Å². The van der Waals surface area contributed by atoms with Crippen LogP contribution in [0.3, 0.4) is 0 Å². The first-order chi connectivity index (χ1) is 8.20. The summed E-state index contributed by atoms with van der Waals surface area (Å²) in [6.07, 6.45) is -0.536. The molecule has 0 spiro atoms. The van der Waals surface area contributed by atoms with Gasteiger partial charge in [0.05, 0.1) is 18.6 Å². The maximum absolute atomic E-state index is 11.0.